The Labute approximate surface area is 152 Å². The van der Waals surface area contributed by atoms with Gasteiger partial charge in [0.2, 0.25) is 0 Å². The summed E-state index contributed by atoms with van der Waals surface area (Å²) in [5.41, 5.74) is 3.36. The number of aryl methyl sites for hydroxylation is 2. The number of hydrogen-bond acceptors (Lipinski definition) is 7. The lowest BCUT2D eigenvalue weighted by Gasteiger charge is -2.06. The number of non-ortho nitro benzene ring substituents is 1. The summed E-state index contributed by atoms with van der Waals surface area (Å²) in [4.78, 5) is 21.5. The van der Waals surface area contributed by atoms with E-state index in [1.54, 1.807) is 17.9 Å². The van der Waals surface area contributed by atoms with Gasteiger partial charge in [0.1, 0.15) is 5.04 Å². The molecule has 9 nitrogen and oxygen atoms in total. The van der Waals surface area contributed by atoms with Crippen molar-refractivity contribution in [2.75, 3.05) is 5.75 Å². The maximum atomic E-state index is 11.3. The highest BCUT2D eigenvalue weighted by Gasteiger charge is 2.20. The Balaban J connectivity index is 1.92. The van der Waals surface area contributed by atoms with Crippen LogP contribution in [0.2, 0.25) is 0 Å². The SMILES string of the molecule is Cc1nn(C)cc1-c1cc(C2=NN=C(SCC(=O)O)C2)cc([N+](=O)[O-])c1. The molecule has 1 aliphatic rings. The van der Waals surface area contributed by atoms with Crippen molar-refractivity contribution in [3.05, 3.63) is 45.8 Å². The molecule has 1 aliphatic heterocycles. The Morgan fingerprint density at radius 1 is 1.35 bits per heavy atom. The minimum Gasteiger partial charge on any atom is -0.481 e. The fourth-order valence-electron chi connectivity index (χ4n) is 2.64. The smallest absolute Gasteiger partial charge is 0.313 e. The van der Waals surface area contributed by atoms with E-state index in [1.807, 2.05) is 13.0 Å². The molecule has 0 atom stereocenters. The molecule has 2 aromatic rings. The van der Waals surface area contributed by atoms with E-state index in [1.165, 1.54) is 12.1 Å². The van der Waals surface area contributed by atoms with Crippen molar-refractivity contribution < 1.29 is 14.8 Å². The average Bonchev–Trinajstić information content (AvgIpc) is 3.18. The summed E-state index contributed by atoms with van der Waals surface area (Å²) in [5.74, 6) is -1.03. The Bertz CT molecular complexity index is 964. The van der Waals surface area contributed by atoms with Crippen LogP contribution in [0.25, 0.3) is 11.1 Å². The highest BCUT2D eigenvalue weighted by atomic mass is 32.2. The lowest BCUT2D eigenvalue weighted by molar-refractivity contribution is -0.384. The summed E-state index contributed by atoms with van der Waals surface area (Å²) in [6.07, 6.45) is 2.16. The second-order valence-electron chi connectivity index (χ2n) is 5.73. The molecule has 10 heteroatoms. The van der Waals surface area contributed by atoms with Crippen LogP contribution in [0.5, 0.6) is 0 Å². The van der Waals surface area contributed by atoms with Crippen LogP contribution in [0, 0.1) is 17.0 Å². The van der Waals surface area contributed by atoms with E-state index >= 15 is 0 Å². The van der Waals surface area contributed by atoms with Crippen LogP contribution >= 0.6 is 11.8 Å². The Morgan fingerprint density at radius 3 is 2.69 bits per heavy atom. The van der Waals surface area contributed by atoms with Gasteiger partial charge in [-0.2, -0.15) is 10.2 Å². The van der Waals surface area contributed by atoms with Crippen LogP contribution in [0.15, 0.2) is 34.6 Å². The van der Waals surface area contributed by atoms with Crippen LogP contribution < -0.4 is 0 Å². The van der Waals surface area contributed by atoms with Crippen LogP contribution in [0.1, 0.15) is 17.7 Å². The molecule has 1 aromatic carbocycles. The summed E-state index contributed by atoms with van der Waals surface area (Å²) < 4.78 is 1.65. The van der Waals surface area contributed by atoms with E-state index in [0.717, 1.165) is 23.0 Å². The van der Waals surface area contributed by atoms with Gasteiger partial charge in [-0.05, 0) is 18.6 Å². The molecule has 2 heterocycles. The minimum atomic E-state index is -0.934. The second kappa shape index (κ2) is 7.08. The van der Waals surface area contributed by atoms with Crippen molar-refractivity contribution in [3.8, 4) is 11.1 Å². The summed E-state index contributed by atoms with van der Waals surface area (Å²) in [6, 6.07) is 4.77. The number of carboxylic acid groups (broad SMARTS) is 1. The number of thioether (sulfide) groups is 1. The van der Waals surface area contributed by atoms with E-state index in [-0.39, 0.29) is 11.4 Å². The van der Waals surface area contributed by atoms with E-state index in [9.17, 15) is 14.9 Å². The van der Waals surface area contributed by atoms with E-state index in [4.69, 9.17) is 5.11 Å². The number of nitro benzene ring substituents is 1. The van der Waals surface area contributed by atoms with Crippen LogP contribution in [-0.2, 0) is 11.8 Å². The van der Waals surface area contributed by atoms with Gasteiger partial charge >= 0.3 is 5.97 Å². The van der Waals surface area contributed by atoms with Gasteiger partial charge in [0, 0.05) is 42.9 Å². The van der Waals surface area contributed by atoms with E-state index in [2.05, 4.69) is 15.3 Å². The molecule has 0 saturated heterocycles. The second-order valence-corrected chi connectivity index (χ2v) is 6.78. The molecular weight excluding hydrogens is 358 g/mol. The van der Waals surface area contributed by atoms with Crippen molar-refractivity contribution in [2.24, 2.45) is 17.3 Å². The van der Waals surface area contributed by atoms with Gasteiger partial charge in [0.05, 0.1) is 22.1 Å². The summed E-state index contributed by atoms with van der Waals surface area (Å²) in [5, 5.41) is 33.0. The molecule has 0 radical (unpaired) electrons. The zero-order chi connectivity index (χ0) is 18.8. The number of carboxylic acids is 1. The molecule has 3 rings (SSSR count). The van der Waals surface area contributed by atoms with Crippen molar-refractivity contribution in [1.82, 2.24) is 9.78 Å². The first-order valence-electron chi connectivity index (χ1n) is 7.62. The largest absolute Gasteiger partial charge is 0.481 e. The molecule has 1 N–H and O–H groups in total. The zero-order valence-electron chi connectivity index (χ0n) is 14.0. The number of carbonyl (C=O) groups is 1. The molecule has 0 amide bonds. The molecule has 134 valence electrons. The van der Waals surface area contributed by atoms with Gasteiger partial charge in [-0.15, -0.1) is 5.10 Å². The van der Waals surface area contributed by atoms with Crippen molar-refractivity contribution in [3.63, 3.8) is 0 Å². The zero-order valence-corrected chi connectivity index (χ0v) is 14.9. The lowest BCUT2D eigenvalue weighted by atomic mass is 9.99. The quantitative estimate of drug-likeness (QED) is 0.635. The van der Waals surface area contributed by atoms with Gasteiger partial charge in [0.15, 0.2) is 0 Å². The molecule has 0 saturated carbocycles. The van der Waals surface area contributed by atoms with Crippen LogP contribution in [0.3, 0.4) is 0 Å². The molecule has 0 spiro atoms. The first-order chi connectivity index (χ1) is 12.3. The molecule has 0 unspecified atom stereocenters. The predicted octanol–water partition coefficient (Wildman–Crippen LogP) is 2.63. The summed E-state index contributed by atoms with van der Waals surface area (Å²) >= 11 is 1.10. The first kappa shape index (κ1) is 17.8. The lowest BCUT2D eigenvalue weighted by Crippen LogP contribution is -2.06. The Hall–Kier alpha value is -3.01. The Kier molecular flexibility index (Phi) is 4.85. The van der Waals surface area contributed by atoms with Gasteiger partial charge in [-0.3, -0.25) is 19.6 Å². The molecular formula is C16H15N5O4S. The van der Waals surface area contributed by atoms with E-state index in [0.29, 0.717) is 28.3 Å². The number of nitro groups is 1. The maximum Gasteiger partial charge on any atom is 0.313 e. The van der Waals surface area contributed by atoms with Crippen LogP contribution in [-0.4, -0.2) is 42.3 Å². The highest BCUT2D eigenvalue weighted by molar-refractivity contribution is 8.14. The third kappa shape index (κ3) is 3.80. The fourth-order valence-corrected chi connectivity index (χ4v) is 3.26. The van der Waals surface area contributed by atoms with Crippen molar-refractivity contribution in [1.29, 1.82) is 0 Å². The van der Waals surface area contributed by atoms with Gasteiger partial charge < -0.3 is 5.11 Å². The summed E-state index contributed by atoms with van der Waals surface area (Å²) in [6.45, 7) is 1.84. The number of aromatic nitrogens is 2. The Morgan fingerprint density at radius 2 is 2.08 bits per heavy atom. The van der Waals surface area contributed by atoms with Crippen molar-refractivity contribution in [2.45, 2.75) is 13.3 Å². The monoisotopic (exact) mass is 373 g/mol. The van der Waals surface area contributed by atoms with Crippen molar-refractivity contribution >= 4 is 34.2 Å². The number of rotatable bonds is 5. The number of nitrogens with zero attached hydrogens (tertiary/aromatic N) is 5. The first-order valence-corrected chi connectivity index (χ1v) is 8.60. The maximum absolute atomic E-state index is 11.3. The molecule has 0 aliphatic carbocycles. The molecule has 26 heavy (non-hydrogen) atoms. The average molecular weight is 373 g/mol. The van der Waals surface area contributed by atoms with Gasteiger partial charge in [-0.1, -0.05) is 11.8 Å². The highest BCUT2D eigenvalue weighted by Crippen LogP contribution is 2.30. The fraction of sp³-hybridized carbons (Fsp3) is 0.250. The topological polar surface area (TPSA) is 123 Å². The predicted molar refractivity (Wildman–Crippen MR) is 98.7 cm³/mol. The van der Waals surface area contributed by atoms with Gasteiger partial charge in [0.25, 0.3) is 5.69 Å². The standard InChI is InChI=1S/C16H15N5O4S/c1-9-13(7-20(2)19-9)10-3-11(5-12(4-10)21(24)25)14-6-15(18-17-14)26-8-16(22)23/h3-5,7H,6,8H2,1-2H3,(H,22,23). The van der Waals surface area contributed by atoms with Crippen LogP contribution in [0.4, 0.5) is 5.69 Å². The number of aliphatic carboxylic acids is 1. The molecule has 1 aromatic heterocycles. The number of benzene rings is 1. The summed E-state index contributed by atoms with van der Waals surface area (Å²) in [7, 11) is 1.79. The normalized spacial score (nSPS) is 13.5. The third-order valence-electron chi connectivity index (χ3n) is 3.75. The third-order valence-corrected chi connectivity index (χ3v) is 4.70. The minimum absolute atomic E-state index is 0.0462. The molecule has 0 fully saturated rings. The molecule has 0 bridgehead atoms. The van der Waals surface area contributed by atoms with E-state index < -0.39 is 10.9 Å². The number of hydrogen-bond donors (Lipinski definition) is 1. The van der Waals surface area contributed by atoms with Gasteiger partial charge in [-0.25, -0.2) is 0 Å².